The van der Waals surface area contributed by atoms with Crippen molar-refractivity contribution in [3.05, 3.63) is 48.5 Å². The molecule has 78 valence electrons. The monoisotopic (exact) mass is 230 g/mol. The van der Waals surface area contributed by atoms with Crippen LogP contribution in [0.4, 0.5) is 5.69 Å². The van der Waals surface area contributed by atoms with Crippen LogP contribution in [-0.4, -0.2) is 4.98 Å². The van der Waals surface area contributed by atoms with E-state index in [2.05, 4.69) is 11.1 Å². The lowest BCUT2D eigenvalue weighted by Crippen LogP contribution is -1.83. The largest absolute Gasteiger partial charge is 0.399 e. The molecule has 3 aromatic rings. The Morgan fingerprint density at radius 3 is 2.62 bits per heavy atom. The van der Waals surface area contributed by atoms with Gasteiger partial charge in [0, 0.05) is 11.3 Å². The van der Waals surface area contributed by atoms with Crippen molar-refractivity contribution in [2.24, 2.45) is 0 Å². The van der Waals surface area contributed by atoms with Gasteiger partial charge in [0.05, 0.1) is 10.2 Å². The highest BCUT2D eigenvalue weighted by Gasteiger charge is 2.04. The quantitative estimate of drug-likeness (QED) is 0.684. The molecule has 2 nitrogen and oxygen atoms in total. The molecule has 0 spiro atoms. The lowest BCUT2D eigenvalue weighted by molar-refractivity contribution is 1.48. The molecule has 3 rings (SSSR count). The van der Waals surface area contributed by atoms with Gasteiger partial charge >= 0.3 is 0 Å². The number of benzene rings is 2. The second-order valence-corrected chi connectivity index (χ2v) is 4.56. The predicted molar refractivity (Wildman–Crippen MR) is 69.5 cm³/mol. The summed E-state index contributed by atoms with van der Waals surface area (Å²) in [6, 6.07) is 15.3. The first-order chi connectivity index (χ1) is 8.74. The molecular weight excluding hydrogens is 216 g/mol. The Morgan fingerprint density at radius 2 is 1.88 bits per heavy atom. The van der Waals surface area contributed by atoms with Crippen molar-refractivity contribution >= 4 is 27.2 Å². The van der Waals surface area contributed by atoms with Crippen LogP contribution in [0.2, 0.25) is 2.82 Å². The molecule has 0 aliphatic heterocycles. The number of fused-ring (bicyclic) bond motifs is 1. The van der Waals surface area contributed by atoms with Crippen LogP contribution >= 0.6 is 11.3 Å². The molecule has 0 atom stereocenters. The van der Waals surface area contributed by atoms with Crippen molar-refractivity contribution in [1.29, 1.82) is 0 Å². The van der Waals surface area contributed by atoms with E-state index in [-0.39, 0.29) is 0 Å². The van der Waals surface area contributed by atoms with E-state index in [4.69, 9.17) is 2.82 Å². The molecule has 1 aromatic heterocycles. The first kappa shape index (κ1) is 7.41. The first-order valence-electron chi connectivity index (χ1n) is 5.87. The highest BCUT2D eigenvalue weighted by Crippen LogP contribution is 2.30. The van der Waals surface area contributed by atoms with E-state index < -0.39 is 0 Å². The van der Waals surface area contributed by atoms with Gasteiger partial charge < -0.3 is 5.72 Å². The molecule has 3 heteroatoms. The fraction of sp³-hybridized carbons (Fsp3) is 0. The van der Waals surface area contributed by atoms with E-state index in [0.29, 0.717) is 11.4 Å². The Bertz CT molecular complexity index is 644. The molecule has 2 aromatic carbocycles. The normalized spacial score (nSPS) is 12.2. The average Bonchev–Trinajstić information content (AvgIpc) is 2.82. The maximum absolute atomic E-state index is 7.17. The number of aromatic nitrogens is 1. The number of hydrogen-bond donors (Lipinski definition) is 1. The van der Waals surface area contributed by atoms with Crippen molar-refractivity contribution in [3.8, 4) is 10.6 Å². The van der Waals surface area contributed by atoms with E-state index >= 15 is 0 Å². The first-order valence-corrected chi connectivity index (χ1v) is 5.79. The van der Waals surface area contributed by atoms with Crippen molar-refractivity contribution in [2.45, 2.75) is 0 Å². The Kier molecular flexibility index (Phi) is 1.67. The zero-order valence-corrected chi connectivity index (χ0v) is 9.24. The molecule has 1 heterocycles. The molecule has 0 aliphatic carbocycles. The molecule has 0 aliphatic rings. The van der Waals surface area contributed by atoms with Gasteiger partial charge in [0.2, 0.25) is 0 Å². The second kappa shape index (κ2) is 3.61. The van der Waals surface area contributed by atoms with Gasteiger partial charge in [-0.25, -0.2) is 4.98 Å². The molecule has 16 heavy (non-hydrogen) atoms. The standard InChI is InChI=1S/C13H10N2S/c14-10-7-5-9(6-8-10)13-15-11-3-1-2-4-12(11)16-13/h1-8H,14H2/i/hT2. The summed E-state index contributed by atoms with van der Waals surface area (Å²) in [5.74, 6) is 0. The van der Waals surface area contributed by atoms with Crippen LogP contribution in [0, 0.1) is 0 Å². The van der Waals surface area contributed by atoms with Crippen molar-refractivity contribution in [2.75, 3.05) is 5.72 Å². The minimum atomic E-state index is 0.542. The average molecular weight is 230 g/mol. The van der Waals surface area contributed by atoms with Crippen LogP contribution in [-0.2, 0) is 0 Å². The Balaban J connectivity index is 2.03. The molecule has 0 amide bonds. The minimum Gasteiger partial charge on any atom is -0.399 e. The Morgan fingerprint density at radius 1 is 1.06 bits per heavy atom. The summed E-state index contributed by atoms with van der Waals surface area (Å²) in [5, 5.41) is 0.962. The van der Waals surface area contributed by atoms with Crippen LogP contribution in [0.3, 0.4) is 0 Å². The van der Waals surface area contributed by atoms with Crippen LogP contribution in [0.25, 0.3) is 20.8 Å². The van der Waals surface area contributed by atoms with Crippen LogP contribution in [0.1, 0.15) is 0 Å². The number of nitrogen functional groups attached to an aromatic ring is 1. The van der Waals surface area contributed by atoms with Gasteiger partial charge in [-0.05, 0) is 36.4 Å². The summed E-state index contributed by atoms with van der Waals surface area (Å²) < 4.78 is 15.5. The second-order valence-electron chi connectivity index (χ2n) is 3.53. The van der Waals surface area contributed by atoms with E-state index in [9.17, 15) is 0 Å². The van der Waals surface area contributed by atoms with E-state index in [1.54, 1.807) is 23.5 Å². The summed E-state index contributed by atoms with van der Waals surface area (Å²) in [5.41, 5.74) is 3.16. The maximum Gasteiger partial charge on any atom is 0.156 e. The third kappa shape index (κ3) is 1.55. The summed E-state index contributed by atoms with van der Waals surface area (Å²) in [7, 11) is 0. The lowest BCUT2D eigenvalue weighted by atomic mass is 10.2. The van der Waals surface area contributed by atoms with Gasteiger partial charge in [0.25, 0.3) is 0 Å². The van der Waals surface area contributed by atoms with Crippen LogP contribution in [0.5, 0.6) is 0 Å². The molecule has 0 saturated heterocycles. The summed E-state index contributed by atoms with van der Waals surface area (Å²) >= 11 is 1.65. The lowest BCUT2D eigenvalue weighted by Gasteiger charge is -1.95. The summed E-state index contributed by atoms with van der Waals surface area (Å²) in [6.07, 6.45) is 0. The van der Waals surface area contributed by atoms with Crippen molar-refractivity contribution < 1.29 is 2.82 Å². The third-order valence-electron chi connectivity index (χ3n) is 2.41. The summed E-state index contributed by atoms with van der Waals surface area (Å²) in [4.78, 5) is 4.57. The molecule has 0 unspecified atom stereocenters. The van der Waals surface area contributed by atoms with E-state index in [1.165, 1.54) is 4.70 Å². The SMILES string of the molecule is [3H]N([3H])c1ccc(-c2nc3ccccc3s2)cc1. The topological polar surface area (TPSA) is 38.9 Å². The fourth-order valence-corrected chi connectivity index (χ4v) is 2.57. The van der Waals surface area contributed by atoms with Gasteiger partial charge in [-0.3, -0.25) is 0 Å². The highest BCUT2D eigenvalue weighted by atomic mass is 32.1. The Hall–Kier alpha value is -1.87. The van der Waals surface area contributed by atoms with Crippen LogP contribution in [0.15, 0.2) is 48.5 Å². The minimum absolute atomic E-state index is 0.542. The van der Waals surface area contributed by atoms with Crippen LogP contribution < -0.4 is 5.72 Å². The smallest absolute Gasteiger partial charge is 0.156 e. The van der Waals surface area contributed by atoms with Gasteiger partial charge in [0.1, 0.15) is 5.01 Å². The van der Waals surface area contributed by atoms with Gasteiger partial charge in [-0.15, -0.1) is 11.3 Å². The molecular formula is C13H10N2S. The summed E-state index contributed by atoms with van der Waals surface area (Å²) in [6.45, 7) is 0. The third-order valence-corrected chi connectivity index (χ3v) is 3.49. The maximum atomic E-state index is 7.17. The van der Waals surface area contributed by atoms with Crippen molar-refractivity contribution in [1.82, 2.24) is 4.98 Å². The van der Waals surface area contributed by atoms with E-state index in [0.717, 1.165) is 16.1 Å². The Labute approximate surface area is 100 Å². The number of anilines is 1. The number of nitrogens with zero attached hydrogens (tertiary/aromatic N) is 1. The zero-order valence-electron chi connectivity index (χ0n) is 10.4. The highest BCUT2D eigenvalue weighted by molar-refractivity contribution is 7.21. The molecule has 0 radical (unpaired) electrons. The number of para-hydroxylation sites is 1. The fourth-order valence-electron chi connectivity index (χ4n) is 1.60. The molecule has 0 bridgehead atoms. The number of thiazole rings is 1. The molecule has 0 fully saturated rings. The van der Waals surface area contributed by atoms with Gasteiger partial charge in [-0.1, -0.05) is 12.1 Å². The van der Waals surface area contributed by atoms with Crippen molar-refractivity contribution in [3.63, 3.8) is 0 Å². The number of hydrogen-bond acceptors (Lipinski definition) is 3. The number of rotatable bonds is 2. The van der Waals surface area contributed by atoms with Gasteiger partial charge in [-0.2, -0.15) is 0 Å². The molecule has 2 N–H and O–H groups in total. The van der Waals surface area contributed by atoms with Gasteiger partial charge in [0.15, 0.2) is 2.82 Å². The number of nitrogens with two attached hydrogens (primary N) is 1. The predicted octanol–water partition coefficient (Wildman–Crippen LogP) is 3.55. The molecule has 0 saturated carbocycles. The zero-order chi connectivity index (χ0) is 12.5. The van der Waals surface area contributed by atoms with E-state index in [1.807, 2.05) is 30.3 Å².